The molecule has 1 aliphatic rings. The molecule has 1 aromatic carbocycles. The van der Waals surface area contributed by atoms with Crippen molar-refractivity contribution in [1.29, 1.82) is 0 Å². The number of carboxylic acid groups (broad SMARTS) is 1. The van der Waals surface area contributed by atoms with Crippen molar-refractivity contribution in [3.05, 3.63) is 29.3 Å². The van der Waals surface area contributed by atoms with E-state index in [9.17, 15) is 14.7 Å². The van der Waals surface area contributed by atoms with Gasteiger partial charge in [-0.25, -0.2) is 0 Å². The Balaban J connectivity index is 2.17. The number of nitrogens with one attached hydrogen (secondary N) is 1. The second-order valence-electron chi connectivity index (χ2n) is 5.87. The molecule has 0 unspecified atom stereocenters. The molecule has 5 nitrogen and oxygen atoms in total. The Kier molecular flexibility index (Phi) is 4.50. The van der Waals surface area contributed by atoms with Gasteiger partial charge in [0.15, 0.2) is 0 Å². The summed E-state index contributed by atoms with van der Waals surface area (Å²) in [7, 11) is 0. The van der Waals surface area contributed by atoms with E-state index in [0.29, 0.717) is 24.0 Å². The van der Waals surface area contributed by atoms with Gasteiger partial charge < -0.3 is 15.5 Å². The SMILES string of the molecule is Cc1ccc(C(=O)NC2(CC(=O)O)CCCCC2)cc1O. The number of phenolic OH excluding ortho intramolecular Hbond substituents is 1. The first-order chi connectivity index (χ1) is 9.92. The molecule has 3 N–H and O–H groups in total. The maximum atomic E-state index is 12.3. The van der Waals surface area contributed by atoms with Crippen LogP contribution in [0.5, 0.6) is 5.75 Å². The first kappa shape index (κ1) is 15.4. The van der Waals surface area contributed by atoms with Crippen LogP contribution in [0.25, 0.3) is 0 Å². The van der Waals surface area contributed by atoms with E-state index in [2.05, 4.69) is 5.32 Å². The van der Waals surface area contributed by atoms with E-state index in [0.717, 1.165) is 19.3 Å². The van der Waals surface area contributed by atoms with Crippen LogP contribution in [0.4, 0.5) is 0 Å². The summed E-state index contributed by atoms with van der Waals surface area (Å²) in [5.41, 5.74) is 0.389. The fourth-order valence-corrected chi connectivity index (χ4v) is 2.93. The molecular weight excluding hydrogens is 270 g/mol. The highest BCUT2D eigenvalue weighted by Gasteiger charge is 2.36. The Morgan fingerprint density at radius 1 is 1.24 bits per heavy atom. The Morgan fingerprint density at radius 2 is 1.90 bits per heavy atom. The van der Waals surface area contributed by atoms with Crippen molar-refractivity contribution in [2.45, 2.75) is 51.0 Å². The Hall–Kier alpha value is -2.04. The van der Waals surface area contributed by atoms with Crippen molar-refractivity contribution >= 4 is 11.9 Å². The highest BCUT2D eigenvalue weighted by atomic mass is 16.4. The summed E-state index contributed by atoms with van der Waals surface area (Å²) in [5, 5.41) is 21.7. The van der Waals surface area contributed by atoms with Gasteiger partial charge in [0, 0.05) is 5.56 Å². The third-order valence-corrected chi connectivity index (χ3v) is 4.15. The standard InChI is InChI=1S/C16H21NO4/c1-11-5-6-12(9-13(11)18)15(21)17-16(10-14(19)20)7-3-2-4-8-16/h5-6,9,18H,2-4,7-8,10H2,1H3,(H,17,21)(H,19,20). The van der Waals surface area contributed by atoms with Crippen LogP contribution in [0.2, 0.25) is 0 Å². The second kappa shape index (κ2) is 6.16. The number of hydrogen-bond acceptors (Lipinski definition) is 3. The van der Waals surface area contributed by atoms with E-state index in [1.165, 1.54) is 6.07 Å². The predicted molar refractivity (Wildman–Crippen MR) is 78.4 cm³/mol. The summed E-state index contributed by atoms with van der Waals surface area (Å²) in [5.74, 6) is -1.16. The topological polar surface area (TPSA) is 86.6 Å². The van der Waals surface area contributed by atoms with Crippen LogP contribution in [0.3, 0.4) is 0 Å². The minimum atomic E-state index is -0.899. The van der Waals surface area contributed by atoms with Crippen LogP contribution in [0.15, 0.2) is 18.2 Å². The molecule has 114 valence electrons. The third kappa shape index (κ3) is 3.74. The zero-order valence-electron chi connectivity index (χ0n) is 12.2. The number of benzene rings is 1. The van der Waals surface area contributed by atoms with Crippen molar-refractivity contribution in [2.75, 3.05) is 0 Å². The molecule has 0 heterocycles. The highest BCUT2D eigenvalue weighted by molar-refractivity contribution is 5.95. The van der Waals surface area contributed by atoms with Gasteiger partial charge >= 0.3 is 5.97 Å². The van der Waals surface area contributed by atoms with Crippen LogP contribution >= 0.6 is 0 Å². The molecule has 0 spiro atoms. The number of hydrogen-bond donors (Lipinski definition) is 3. The summed E-state index contributed by atoms with van der Waals surface area (Å²) in [4.78, 5) is 23.4. The van der Waals surface area contributed by atoms with E-state index in [1.807, 2.05) is 0 Å². The Morgan fingerprint density at radius 3 is 2.48 bits per heavy atom. The fraction of sp³-hybridized carbons (Fsp3) is 0.500. The van der Waals surface area contributed by atoms with Crippen molar-refractivity contribution in [2.24, 2.45) is 0 Å². The highest BCUT2D eigenvalue weighted by Crippen LogP contribution is 2.31. The fourth-order valence-electron chi connectivity index (χ4n) is 2.93. The number of carboxylic acids is 1. The molecule has 0 bridgehead atoms. The number of aryl methyl sites for hydroxylation is 1. The van der Waals surface area contributed by atoms with Crippen LogP contribution in [-0.2, 0) is 4.79 Å². The Bertz CT molecular complexity index is 547. The van der Waals surface area contributed by atoms with Crippen LogP contribution < -0.4 is 5.32 Å². The van der Waals surface area contributed by atoms with E-state index < -0.39 is 11.5 Å². The van der Waals surface area contributed by atoms with Gasteiger partial charge in [0.25, 0.3) is 5.91 Å². The lowest BCUT2D eigenvalue weighted by atomic mass is 9.79. The quantitative estimate of drug-likeness (QED) is 0.796. The molecule has 0 aromatic heterocycles. The molecule has 1 saturated carbocycles. The van der Waals surface area contributed by atoms with Gasteiger partial charge in [0.1, 0.15) is 5.75 Å². The number of aromatic hydroxyl groups is 1. The van der Waals surface area contributed by atoms with Gasteiger partial charge in [-0.05, 0) is 37.5 Å². The number of aliphatic carboxylic acids is 1. The third-order valence-electron chi connectivity index (χ3n) is 4.15. The van der Waals surface area contributed by atoms with Gasteiger partial charge in [-0.15, -0.1) is 0 Å². The summed E-state index contributed by atoms with van der Waals surface area (Å²) >= 11 is 0. The minimum absolute atomic E-state index is 0.0589. The number of amides is 1. The van der Waals surface area contributed by atoms with Gasteiger partial charge in [-0.3, -0.25) is 9.59 Å². The van der Waals surface area contributed by atoms with Gasteiger partial charge in [0.2, 0.25) is 0 Å². The first-order valence-electron chi connectivity index (χ1n) is 7.26. The molecule has 0 atom stereocenters. The van der Waals surface area contributed by atoms with Crippen LogP contribution in [-0.4, -0.2) is 27.6 Å². The van der Waals surface area contributed by atoms with E-state index >= 15 is 0 Å². The van der Waals surface area contributed by atoms with Crippen molar-refractivity contribution in [3.63, 3.8) is 0 Å². The number of carbonyl (C=O) groups is 2. The molecule has 1 aromatic rings. The number of rotatable bonds is 4. The molecule has 2 rings (SSSR count). The lowest BCUT2D eigenvalue weighted by molar-refractivity contribution is -0.139. The van der Waals surface area contributed by atoms with Crippen molar-refractivity contribution in [3.8, 4) is 5.75 Å². The lowest BCUT2D eigenvalue weighted by Crippen LogP contribution is -2.51. The second-order valence-corrected chi connectivity index (χ2v) is 5.87. The average molecular weight is 291 g/mol. The smallest absolute Gasteiger partial charge is 0.305 e. The minimum Gasteiger partial charge on any atom is -0.508 e. The first-order valence-corrected chi connectivity index (χ1v) is 7.26. The molecule has 1 aliphatic carbocycles. The van der Waals surface area contributed by atoms with E-state index in [4.69, 9.17) is 5.11 Å². The van der Waals surface area contributed by atoms with Gasteiger partial charge in [-0.1, -0.05) is 25.3 Å². The molecule has 21 heavy (non-hydrogen) atoms. The van der Waals surface area contributed by atoms with E-state index in [1.54, 1.807) is 19.1 Å². The largest absolute Gasteiger partial charge is 0.508 e. The monoisotopic (exact) mass is 291 g/mol. The van der Waals surface area contributed by atoms with Crippen LogP contribution in [0, 0.1) is 6.92 Å². The Labute approximate surface area is 124 Å². The summed E-state index contributed by atoms with van der Waals surface area (Å²) in [6.07, 6.45) is 4.23. The van der Waals surface area contributed by atoms with Gasteiger partial charge in [-0.2, -0.15) is 0 Å². The molecular formula is C16H21NO4. The lowest BCUT2D eigenvalue weighted by Gasteiger charge is -2.37. The molecule has 0 radical (unpaired) electrons. The zero-order chi connectivity index (χ0) is 15.5. The molecule has 0 saturated heterocycles. The van der Waals surface area contributed by atoms with Gasteiger partial charge in [0.05, 0.1) is 12.0 Å². The number of phenols is 1. The molecule has 0 aliphatic heterocycles. The van der Waals surface area contributed by atoms with Crippen molar-refractivity contribution in [1.82, 2.24) is 5.32 Å². The summed E-state index contributed by atoms with van der Waals surface area (Å²) in [6.45, 7) is 1.75. The maximum Gasteiger partial charge on any atom is 0.305 e. The maximum absolute atomic E-state index is 12.3. The normalized spacial score (nSPS) is 17.2. The summed E-state index contributed by atoms with van der Waals surface area (Å²) < 4.78 is 0. The van der Waals surface area contributed by atoms with Crippen LogP contribution in [0.1, 0.15) is 54.4 Å². The zero-order valence-corrected chi connectivity index (χ0v) is 12.2. The van der Waals surface area contributed by atoms with Crippen molar-refractivity contribution < 1.29 is 19.8 Å². The average Bonchev–Trinajstić information content (AvgIpc) is 2.41. The van der Waals surface area contributed by atoms with E-state index in [-0.39, 0.29) is 18.1 Å². The predicted octanol–water partition coefficient (Wildman–Crippen LogP) is 2.61. The molecule has 1 fully saturated rings. The molecule has 5 heteroatoms. The summed E-state index contributed by atoms with van der Waals surface area (Å²) in [6, 6.07) is 4.73. The molecule has 1 amide bonds. The number of carbonyl (C=O) groups excluding carboxylic acids is 1.